The molecule has 1 N–H and O–H groups in total. The molecule has 3 rings (SSSR count). The Kier molecular flexibility index (Phi) is 4.79. The molecule has 1 atom stereocenters. The van der Waals surface area contributed by atoms with Crippen molar-refractivity contribution in [1.29, 1.82) is 0 Å². The Morgan fingerprint density at radius 1 is 0.870 bits per heavy atom. The molecule has 1 amide bonds. The molecule has 0 aliphatic heterocycles. The number of nitrogens with one attached hydrogen (secondary N) is 1. The van der Waals surface area contributed by atoms with E-state index < -0.39 is 0 Å². The quantitative estimate of drug-likeness (QED) is 0.779. The van der Waals surface area contributed by atoms with Crippen molar-refractivity contribution in [3.63, 3.8) is 0 Å². The molecule has 0 fully saturated rings. The van der Waals surface area contributed by atoms with E-state index in [9.17, 15) is 4.79 Å². The zero-order valence-corrected chi connectivity index (χ0v) is 12.7. The highest BCUT2D eigenvalue weighted by atomic mass is 16.1. The molecule has 0 saturated heterocycles. The highest BCUT2D eigenvalue weighted by Gasteiger charge is 2.16. The molecule has 0 spiro atoms. The van der Waals surface area contributed by atoms with Crippen molar-refractivity contribution in [2.75, 3.05) is 0 Å². The number of rotatable bonds is 5. The maximum absolute atomic E-state index is 12.4. The lowest BCUT2D eigenvalue weighted by molar-refractivity contribution is 0.0931. The summed E-state index contributed by atoms with van der Waals surface area (Å²) in [5, 5.41) is 3.10. The highest BCUT2D eigenvalue weighted by molar-refractivity contribution is 5.92. The average Bonchev–Trinajstić information content (AvgIpc) is 2.63. The van der Waals surface area contributed by atoms with Crippen LogP contribution in [0.2, 0.25) is 0 Å². The van der Waals surface area contributed by atoms with Gasteiger partial charge in [-0.2, -0.15) is 0 Å². The molecule has 2 aromatic carbocycles. The number of pyridine rings is 1. The van der Waals surface area contributed by atoms with Crippen LogP contribution < -0.4 is 5.32 Å². The van der Waals surface area contributed by atoms with Gasteiger partial charge in [-0.05, 0) is 29.7 Å². The van der Waals surface area contributed by atoms with E-state index in [1.54, 1.807) is 18.3 Å². The number of benzene rings is 2. The van der Waals surface area contributed by atoms with Crippen LogP contribution >= 0.6 is 0 Å². The van der Waals surface area contributed by atoms with Gasteiger partial charge < -0.3 is 5.32 Å². The highest BCUT2D eigenvalue weighted by Crippen LogP contribution is 2.18. The molecule has 114 valence electrons. The Balaban J connectivity index is 1.82. The number of hydrogen-bond acceptors (Lipinski definition) is 2. The Hall–Kier alpha value is -2.94. The summed E-state index contributed by atoms with van der Waals surface area (Å²) in [6.07, 6.45) is 2.37. The van der Waals surface area contributed by atoms with Gasteiger partial charge in [-0.1, -0.05) is 66.7 Å². The SMILES string of the molecule is O=C(N[C@@H](Cc1ccccc1)c1ccccc1)c1ccccn1. The standard InChI is InChI=1S/C20H18N2O/c23-20(18-13-7-8-14-21-18)22-19(17-11-5-2-6-12-17)15-16-9-3-1-4-10-16/h1-14,19H,15H2,(H,22,23)/t19-/m0/s1. The Labute approximate surface area is 136 Å². The Morgan fingerprint density at radius 3 is 2.17 bits per heavy atom. The summed E-state index contributed by atoms with van der Waals surface area (Å²) in [6, 6.07) is 25.4. The first-order valence-corrected chi connectivity index (χ1v) is 7.64. The van der Waals surface area contributed by atoms with Crippen molar-refractivity contribution in [3.8, 4) is 0 Å². The molecule has 3 heteroatoms. The Morgan fingerprint density at radius 2 is 1.52 bits per heavy atom. The van der Waals surface area contributed by atoms with E-state index >= 15 is 0 Å². The van der Waals surface area contributed by atoms with Gasteiger partial charge in [-0.15, -0.1) is 0 Å². The molecular formula is C20H18N2O. The van der Waals surface area contributed by atoms with Crippen LogP contribution in [0.5, 0.6) is 0 Å². The Bertz CT molecular complexity index is 742. The summed E-state index contributed by atoms with van der Waals surface area (Å²) >= 11 is 0. The lowest BCUT2D eigenvalue weighted by atomic mass is 9.98. The maximum Gasteiger partial charge on any atom is 0.270 e. The molecule has 3 nitrogen and oxygen atoms in total. The first kappa shape index (κ1) is 15.0. The van der Waals surface area contributed by atoms with Crippen LogP contribution in [0.1, 0.15) is 27.7 Å². The first-order valence-electron chi connectivity index (χ1n) is 7.64. The summed E-state index contributed by atoms with van der Waals surface area (Å²) in [5.41, 5.74) is 2.70. The molecule has 0 bridgehead atoms. The van der Waals surface area contributed by atoms with Crippen molar-refractivity contribution >= 4 is 5.91 Å². The zero-order chi connectivity index (χ0) is 15.9. The van der Waals surface area contributed by atoms with Crippen molar-refractivity contribution in [1.82, 2.24) is 10.3 Å². The topological polar surface area (TPSA) is 42.0 Å². The summed E-state index contributed by atoms with van der Waals surface area (Å²) in [6.45, 7) is 0. The van der Waals surface area contributed by atoms with Crippen LogP contribution in [0.3, 0.4) is 0 Å². The predicted molar refractivity (Wildman–Crippen MR) is 91.0 cm³/mol. The molecular weight excluding hydrogens is 284 g/mol. The maximum atomic E-state index is 12.4. The lowest BCUT2D eigenvalue weighted by Crippen LogP contribution is -2.30. The van der Waals surface area contributed by atoms with Gasteiger partial charge in [0.25, 0.3) is 5.91 Å². The molecule has 0 saturated carbocycles. The van der Waals surface area contributed by atoms with Gasteiger partial charge in [0.2, 0.25) is 0 Å². The van der Waals surface area contributed by atoms with Gasteiger partial charge in [0.05, 0.1) is 6.04 Å². The molecule has 1 heterocycles. The van der Waals surface area contributed by atoms with E-state index in [2.05, 4.69) is 22.4 Å². The number of carbonyl (C=O) groups excluding carboxylic acids is 1. The van der Waals surface area contributed by atoms with E-state index in [0.29, 0.717) is 5.69 Å². The molecule has 1 aromatic heterocycles. The van der Waals surface area contributed by atoms with Gasteiger partial charge in [-0.3, -0.25) is 9.78 Å². The van der Waals surface area contributed by atoms with Crippen LogP contribution in [0.15, 0.2) is 85.1 Å². The van der Waals surface area contributed by atoms with Crippen LogP contribution in [0.25, 0.3) is 0 Å². The molecule has 0 aliphatic rings. The van der Waals surface area contributed by atoms with Crippen molar-refractivity contribution in [2.24, 2.45) is 0 Å². The summed E-state index contributed by atoms with van der Waals surface area (Å²) in [5.74, 6) is -0.157. The number of hydrogen-bond donors (Lipinski definition) is 1. The number of carbonyl (C=O) groups is 1. The van der Waals surface area contributed by atoms with Gasteiger partial charge in [-0.25, -0.2) is 0 Å². The molecule has 23 heavy (non-hydrogen) atoms. The van der Waals surface area contributed by atoms with E-state index in [1.807, 2.05) is 54.6 Å². The molecule has 0 aliphatic carbocycles. The van der Waals surface area contributed by atoms with Crippen molar-refractivity contribution < 1.29 is 4.79 Å². The van der Waals surface area contributed by atoms with Crippen LogP contribution in [0.4, 0.5) is 0 Å². The van der Waals surface area contributed by atoms with Crippen molar-refractivity contribution in [3.05, 3.63) is 102 Å². The minimum Gasteiger partial charge on any atom is -0.344 e. The smallest absolute Gasteiger partial charge is 0.270 e. The number of aromatic nitrogens is 1. The number of amides is 1. The zero-order valence-electron chi connectivity index (χ0n) is 12.7. The average molecular weight is 302 g/mol. The molecule has 0 radical (unpaired) electrons. The molecule has 3 aromatic rings. The normalized spacial score (nSPS) is 11.7. The first-order chi connectivity index (χ1) is 11.3. The van der Waals surface area contributed by atoms with Crippen molar-refractivity contribution in [2.45, 2.75) is 12.5 Å². The minimum absolute atomic E-state index is 0.0897. The molecule has 0 unspecified atom stereocenters. The van der Waals surface area contributed by atoms with Gasteiger partial charge in [0, 0.05) is 6.20 Å². The van der Waals surface area contributed by atoms with Gasteiger partial charge >= 0.3 is 0 Å². The summed E-state index contributed by atoms with van der Waals surface area (Å²) in [7, 11) is 0. The van der Waals surface area contributed by atoms with Gasteiger partial charge in [0.1, 0.15) is 5.69 Å². The van der Waals surface area contributed by atoms with Crippen LogP contribution in [-0.2, 0) is 6.42 Å². The second-order valence-electron chi connectivity index (χ2n) is 5.34. The summed E-state index contributed by atoms with van der Waals surface area (Å²) < 4.78 is 0. The fourth-order valence-electron chi connectivity index (χ4n) is 2.52. The van der Waals surface area contributed by atoms with Crippen LogP contribution in [-0.4, -0.2) is 10.9 Å². The van der Waals surface area contributed by atoms with Crippen LogP contribution in [0, 0.1) is 0 Å². The third-order valence-electron chi connectivity index (χ3n) is 3.69. The third kappa shape index (κ3) is 4.04. The second kappa shape index (κ2) is 7.36. The fourth-order valence-corrected chi connectivity index (χ4v) is 2.52. The summed E-state index contributed by atoms with van der Waals surface area (Å²) in [4.78, 5) is 16.6. The van der Waals surface area contributed by atoms with E-state index in [-0.39, 0.29) is 11.9 Å². The third-order valence-corrected chi connectivity index (χ3v) is 3.69. The lowest BCUT2D eigenvalue weighted by Gasteiger charge is -2.19. The largest absolute Gasteiger partial charge is 0.344 e. The fraction of sp³-hybridized carbons (Fsp3) is 0.100. The minimum atomic E-state index is -0.157. The predicted octanol–water partition coefficient (Wildman–Crippen LogP) is 3.80. The van der Waals surface area contributed by atoms with E-state index in [4.69, 9.17) is 0 Å². The monoisotopic (exact) mass is 302 g/mol. The second-order valence-corrected chi connectivity index (χ2v) is 5.34. The number of nitrogens with zero attached hydrogens (tertiary/aromatic N) is 1. The van der Waals surface area contributed by atoms with E-state index in [0.717, 1.165) is 12.0 Å². The van der Waals surface area contributed by atoms with Gasteiger partial charge in [0.15, 0.2) is 0 Å². The van der Waals surface area contributed by atoms with E-state index in [1.165, 1.54) is 5.56 Å².